The summed E-state index contributed by atoms with van der Waals surface area (Å²) in [6.07, 6.45) is 1.98. The normalized spacial score (nSPS) is 16.6. The van der Waals surface area contributed by atoms with E-state index in [2.05, 4.69) is 16.0 Å². The maximum atomic E-state index is 13.2. The Labute approximate surface area is 169 Å². The molecule has 29 heavy (non-hydrogen) atoms. The van der Waals surface area contributed by atoms with E-state index in [0.29, 0.717) is 25.6 Å². The predicted octanol–water partition coefficient (Wildman–Crippen LogP) is 2.64. The summed E-state index contributed by atoms with van der Waals surface area (Å²) in [5.41, 5.74) is 4.58. The zero-order valence-electron chi connectivity index (χ0n) is 16.7. The van der Waals surface area contributed by atoms with E-state index in [9.17, 15) is 4.79 Å². The number of benzene rings is 1. The van der Waals surface area contributed by atoms with Crippen LogP contribution >= 0.6 is 0 Å². The van der Waals surface area contributed by atoms with Gasteiger partial charge in [0.2, 0.25) is 6.79 Å². The van der Waals surface area contributed by atoms with Crippen LogP contribution in [0, 0.1) is 13.8 Å². The Bertz CT molecular complexity index is 1080. The summed E-state index contributed by atoms with van der Waals surface area (Å²) in [6, 6.07) is 10.1. The molecule has 1 fully saturated rings. The Hall–Kier alpha value is -3.06. The second-order valence-corrected chi connectivity index (χ2v) is 7.74. The van der Waals surface area contributed by atoms with Gasteiger partial charge in [-0.25, -0.2) is 4.98 Å². The van der Waals surface area contributed by atoms with Crippen LogP contribution in [0.3, 0.4) is 0 Å². The molecule has 7 nitrogen and oxygen atoms in total. The van der Waals surface area contributed by atoms with Crippen molar-refractivity contribution in [1.29, 1.82) is 0 Å². The zero-order chi connectivity index (χ0) is 20.0. The standard InChI is InChI=1S/C22H24N4O3/c1-15-3-6-20-23-16(2)21(26(20)12-15)22(27)25-9-7-24(8-10-25)13-17-4-5-18-19(11-17)29-14-28-18/h3-6,11-12H,7-10,13-14H2,1-2H3. The predicted molar refractivity (Wildman–Crippen MR) is 108 cm³/mol. The fourth-order valence-electron chi connectivity index (χ4n) is 4.08. The average Bonchev–Trinajstić information content (AvgIpc) is 3.31. The van der Waals surface area contributed by atoms with E-state index in [1.54, 1.807) is 0 Å². The first-order valence-corrected chi connectivity index (χ1v) is 9.94. The monoisotopic (exact) mass is 392 g/mol. The summed E-state index contributed by atoms with van der Waals surface area (Å²) >= 11 is 0. The SMILES string of the molecule is Cc1ccc2nc(C)c(C(=O)N3CCN(Cc4ccc5c(c4)OCO5)CC3)n2c1. The molecule has 150 valence electrons. The van der Waals surface area contributed by atoms with Gasteiger partial charge >= 0.3 is 0 Å². The Kier molecular flexibility index (Phi) is 4.39. The topological polar surface area (TPSA) is 59.3 Å². The van der Waals surface area contributed by atoms with Gasteiger partial charge in [0.1, 0.15) is 11.3 Å². The highest BCUT2D eigenvalue weighted by molar-refractivity contribution is 5.94. The molecule has 2 aliphatic heterocycles. The summed E-state index contributed by atoms with van der Waals surface area (Å²) < 4.78 is 12.8. The number of carbonyl (C=O) groups is 1. The van der Waals surface area contributed by atoms with Crippen LogP contribution < -0.4 is 9.47 Å². The van der Waals surface area contributed by atoms with Gasteiger partial charge in [-0.1, -0.05) is 12.1 Å². The van der Waals surface area contributed by atoms with Crippen molar-refractivity contribution in [3.8, 4) is 11.5 Å². The third kappa shape index (κ3) is 3.31. The number of amides is 1. The molecule has 4 heterocycles. The van der Waals surface area contributed by atoms with E-state index in [0.717, 1.165) is 48.0 Å². The van der Waals surface area contributed by atoms with Crippen molar-refractivity contribution in [1.82, 2.24) is 19.2 Å². The first-order valence-electron chi connectivity index (χ1n) is 9.94. The van der Waals surface area contributed by atoms with Crippen molar-refractivity contribution in [3.05, 3.63) is 59.0 Å². The molecule has 0 N–H and O–H groups in total. The number of fused-ring (bicyclic) bond motifs is 2. The summed E-state index contributed by atoms with van der Waals surface area (Å²) in [5, 5.41) is 0. The first kappa shape index (κ1) is 18.0. The van der Waals surface area contributed by atoms with Crippen LogP contribution in [0.2, 0.25) is 0 Å². The number of aromatic nitrogens is 2. The lowest BCUT2D eigenvalue weighted by atomic mass is 10.1. The number of aryl methyl sites for hydroxylation is 2. The van der Waals surface area contributed by atoms with Gasteiger partial charge < -0.3 is 14.4 Å². The largest absolute Gasteiger partial charge is 0.454 e. The minimum absolute atomic E-state index is 0.0586. The van der Waals surface area contributed by atoms with Gasteiger partial charge in [-0.05, 0) is 43.2 Å². The second-order valence-electron chi connectivity index (χ2n) is 7.74. The molecule has 1 saturated heterocycles. The van der Waals surface area contributed by atoms with E-state index < -0.39 is 0 Å². The minimum atomic E-state index is 0.0586. The number of rotatable bonds is 3. The highest BCUT2D eigenvalue weighted by Crippen LogP contribution is 2.32. The van der Waals surface area contributed by atoms with Crippen molar-refractivity contribution in [2.24, 2.45) is 0 Å². The quantitative estimate of drug-likeness (QED) is 0.686. The molecule has 0 aliphatic carbocycles. The third-order valence-electron chi connectivity index (χ3n) is 5.65. The van der Waals surface area contributed by atoms with E-state index in [1.165, 1.54) is 5.56 Å². The van der Waals surface area contributed by atoms with Crippen molar-refractivity contribution in [2.45, 2.75) is 20.4 Å². The van der Waals surface area contributed by atoms with Crippen molar-refractivity contribution < 1.29 is 14.3 Å². The molecular weight excluding hydrogens is 368 g/mol. The van der Waals surface area contributed by atoms with Gasteiger partial charge in [0.05, 0.1) is 5.69 Å². The van der Waals surface area contributed by atoms with E-state index in [1.807, 2.05) is 53.6 Å². The summed E-state index contributed by atoms with van der Waals surface area (Å²) in [5.74, 6) is 1.68. The van der Waals surface area contributed by atoms with Gasteiger partial charge in [-0.15, -0.1) is 0 Å². The van der Waals surface area contributed by atoms with Crippen LogP contribution in [0.25, 0.3) is 5.65 Å². The molecule has 3 aromatic rings. The van der Waals surface area contributed by atoms with Gasteiger partial charge in [-0.2, -0.15) is 0 Å². The van der Waals surface area contributed by atoms with Crippen LogP contribution in [0.5, 0.6) is 11.5 Å². The summed E-state index contributed by atoms with van der Waals surface area (Å²) in [7, 11) is 0. The number of hydrogen-bond acceptors (Lipinski definition) is 5. The molecular formula is C22H24N4O3. The van der Waals surface area contributed by atoms with Crippen LogP contribution in [-0.4, -0.2) is 58.1 Å². The molecule has 1 aromatic carbocycles. The van der Waals surface area contributed by atoms with Crippen molar-refractivity contribution in [2.75, 3.05) is 33.0 Å². The van der Waals surface area contributed by atoms with E-state index in [4.69, 9.17) is 9.47 Å². The molecule has 0 bridgehead atoms. The van der Waals surface area contributed by atoms with Gasteiger partial charge in [0, 0.05) is 38.9 Å². The summed E-state index contributed by atoms with van der Waals surface area (Å²) in [4.78, 5) is 22.1. The Morgan fingerprint density at radius 3 is 2.66 bits per heavy atom. The lowest BCUT2D eigenvalue weighted by Gasteiger charge is -2.34. The number of piperazine rings is 1. The molecule has 5 rings (SSSR count). The molecule has 2 aliphatic rings. The van der Waals surface area contributed by atoms with Gasteiger partial charge in [-0.3, -0.25) is 14.1 Å². The maximum Gasteiger partial charge on any atom is 0.272 e. The van der Waals surface area contributed by atoms with Gasteiger partial charge in [0.25, 0.3) is 5.91 Å². The number of imidazole rings is 1. The summed E-state index contributed by atoms with van der Waals surface area (Å²) in [6.45, 7) is 8.17. The molecule has 7 heteroatoms. The van der Waals surface area contributed by atoms with Crippen molar-refractivity contribution in [3.63, 3.8) is 0 Å². The van der Waals surface area contributed by atoms with Crippen molar-refractivity contribution >= 4 is 11.6 Å². The number of ether oxygens (including phenoxy) is 2. The van der Waals surface area contributed by atoms with Crippen LogP contribution in [0.15, 0.2) is 36.5 Å². The molecule has 2 aromatic heterocycles. The van der Waals surface area contributed by atoms with Gasteiger partial charge in [0.15, 0.2) is 11.5 Å². The fraction of sp³-hybridized carbons (Fsp3) is 0.364. The molecule has 0 radical (unpaired) electrons. The minimum Gasteiger partial charge on any atom is -0.454 e. The second kappa shape index (κ2) is 7.08. The Morgan fingerprint density at radius 2 is 1.83 bits per heavy atom. The van der Waals surface area contributed by atoms with E-state index >= 15 is 0 Å². The van der Waals surface area contributed by atoms with Crippen LogP contribution in [-0.2, 0) is 6.54 Å². The highest BCUT2D eigenvalue weighted by atomic mass is 16.7. The third-order valence-corrected chi connectivity index (χ3v) is 5.65. The number of hydrogen-bond donors (Lipinski definition) is 0. The fourth-order valence-corrected chi connectivity index (χ4v) is 4.08. The van der Waals surface area contributed by atoms with E-state index in [-0.39, 0.29) is 5.91 Å². The molecule has 0 atom stereocenters. The zero-order valence-corrected chi connectivity index (χ0v) is 16.7. The average molecular weight is 392 g/mol. The highest BCUT2D eigenvalue weighted by Gasteiger charge is 2.26. The molecule has 0 spiro atoms. The lowest BCUT2D eigenvalue weighted by molar-refractivity contribution is 0.0621. The van der Waals surface area contributed by atoms with Crippen LogP contribution in [0.4, 0.5) is 0 Å². The maximum absolute atomic E-state index is 13.2. The molecule has 1 amide bonds. The van der Waals surface area contributed by atoms with Crippen LogP contribution in [0.1, 0.15) is 27.3 Å². The number of pyridine rings is 1. The molecule has 0 unspecified atom stereocenters. The lowest BCUT2D eigenvalue weighted by Crippen LogP contribution is -2.48. The smallest absolute Gasteiger partial charge is 0.272 e. The first-order chi connectivity index (χ1) is 14.1. The number of carbonyl (C=O) groups excluding carboxylic acids is 1. The Balaban J connectivity index is 1.27. The molecule has 0 saturated carbocycles. The number of nitrogens with zero attached hydrogens (tertiary/aromatic N) is 4. The Morgan fingerprint density at radius 1 is 1.03 bits per heavy atom.